The summed E-state index contributed by atoms with van der Waals surface area (Å²) in [4.78, 5) is 0.217. The van der Waals surface area contributed by atoms with E-state index >= 15 is 0 Å². The summed E-state index contributed by atoms with van der Waals surface area (Å²) in [5.41, 5.74) is 0. The molecule has 0 fully saturated rings. The Morgan fingerprint density at radius 1 is 1.23 bits per heavy atom. The molecular weight excluding hydrogens is 237 g/mol. The zero-order valence-corrected chi connectivity index (χ0v) is 12.1. The van der Waals surface area contributed by atoms with E-state index in [0.29, 0.717) is 5.02 Å². The summed E-state index contributed by atoms with van der Waals surface area (Å²) in [6.07, 6.45) is 0. The third kappa shape index (κ3) is 3.97. The third-order valence-corrected chi connectivity index (χ3v) is 3.07. The van der Waals surface area contributed by atoms with Crippen molar-refractivity contribution in [3.8, 4) is 0 Å². The van der Waals surface area contributed by atoms with Crippen LogP contribution >= 0.6 is 11.6 Å². The summed E-state index contributed by atoms with van der Waals surface area (Å²) in [6, 6.07) is 5.97. The summed E-state index contributed by atoms with van der Waals surface area (Å²) in [6.45, 7) is 0. The van der Waals surface area contributed by atoms with Crippen LogP contribution in [0.25, 0.3) is 0 Å². The molecule has 1 aromatic rings. The number of sulfonamides is 1. The maximum atomic E-state index is 11.2. The Kier molecular flexibility index (Phi) is 6.29. The Balaban J connectivity index is 0.00000144. The van der Waals surface area contributed by atoms with Crippen LogP contribution in [0.15, 0.2) is 29.2 Å². The van der Waals surface area contributed by atoms with Crippen LogP contribution in [-0.2, 0) is 10.0 Å². The Hall–Kier alpha value is 1.06. The molecule has 66 valence electrons. The number of rotatable bonds is 2. The molecule has 0 bridgehead atoms. The molecule has 0 aliphatic carbocycles. The van der Waals surface area contributed by atoms with E-state index < -0.39 is 10.0 Å². The molecule has 1 rings (SSSR count). The van der Waals surface area contributed by atoms with Crippen molar-refractivity contribution in [1.82, 2.24) is 4.72 Å². The van der Waals surface area contributed by atoms with E-state index in [-0.39, 0.29) is 56.3 Å². The van der Waals surface area contributed by atoms with Gasteiger partial charge in [-0.15, -0.1) is 0 Å². The molecular formula is C7H8ClKNO2S+. The second-order valence-electron chi connectivity index (χ2n) is 2.16. The monoisotopic (exact) mass is 244 g/mol. The molecule has 0 heterocycles. The van der Waals surface area contributed by atoms with Gasteiger partial charge in [-0.25, -0.2) is 13.1 Å². The van der Waals surface area contributed by atoms with Gasteiger partial charge < -0.3 is 0 Å². The van der Waals surface area contributed by atoms with Crippen LogP contribution in [0, 0.1) is 0 Å². The maximum Gasteiger partial charge on any atom is 1.00 e. The number of hydrogen-bond donors (Lipinski definition) is 1. The molecule has 0 aliphatic rings. The average Bonchev–Trinajstić information content (AvgIpc) is 2.05. The Morgan fingerprint density at radius 2 is 1.69 bits per heavy atom. The molecule has 0 aromatic heterocycles. The number of halogens is 1. The maximum absolute atomic E-state index is 11.2. The first-order valence-electron chi connectivity index (χ1n) is 3.25. The van der Waals surface area contributed by atoms with Crippen molar-refractivity contribution in [3.63, 3.8) is 0 Å². The van der Waals surface area contributed by atoms with Crippen molar-refractivity contribution in [2.75, 3.05) is 7.05 Å². The zero-order chi connectivity index (χ0) is 9.19. The van der Waals surface area contributed by atoms with Gasteiger partial charge in [-0.05, 0) is 31.3 Å². The fourth-order valence-corrected chi connectivity index (χ4v) is 1.59. The number of hydrogen-bond acceptors (Lipinski definition) is 2. The molecule has 0 saturated heterocycles. The van der Waals surface area contributed by atoms with Gasteiger partial charge in [0.25, 0.3) is 0 Å². The molecule has 0 spiro atoms. The topological polar surface area (TPSA) is 46.2 Å². The van der Waals surface area contributed by atoms with E-state index in [0.717, 1.165) is 0 Å². The summed E-state index contributed by atoms with van der Waals surface area (Å²) in [5.74, 6) is 0. The van der Waals surface area contributed by atoms with Crippen molar-refractivity contribution in [3.05, 3.63) is 29.3 Å². The van der Waals surface area contributed by atoms with Crippen LogP contribution in [0.3, 0.4) is 0 Å². The van der Waals surface area contributed by atoms with Crippen LogP contribution in [0.2, 0.25) is 5.02 Å². The normalized spacial score (nSPS) is 10.6. The van der Waals surface area contributed by atoms with Crippen molar-refractivity contribution in [2.24, 2.45) is 0 Å². The largest absolute Gasteiger partial charge is 1.00 e. The van der Waals surface area contributed by atoms with Gasteiger partial charge in [0.2, 0.25) is 10.0 Å². The van der Waals surface area contributed by atoms with Crippen molar-refractivity contribution in [2.45, 2.75) is 4.90 Å². The van der Waals surface area contributed by atoms with E-state index in [1.54, 1.807) is 0 Å². The average molecular weight is 245 g/mol. The standard InChI is InChI=1S/C7H8ClNO2S.K/c1-9-12(10,11)7-4-2-6(8)3-5-7;/h2-5,9H,1H3;/q;+1. The Bertz CT molecular complexity index is 363. The van der Waals surface area contributed by atoms with Gasteiger partial charge >= 0.3 is 51.4 Å². The van der Waals surface area contributed by atoms with Gasteiger partial charge in [0.15, 0.2) is 0 Å². The smallest absolute Gasteiger partial charge is 0.214 e. The molecule has 0 amide bonds. The summed E-state index contributed by atoms with van der Waals surface area (Å²) in [7, 11) is -1.96. The number of benzene rings is 1. The zero-order valence-electron chi connectivity index (χ0n) is 7.41. The minimum Gasteiger partial charge on any atom is -0.214 e. The van der Waals surface area contributed by atoms with Crippen LogP contribution in [0.5, 0.6) is 0 Å². The van der Waals surface area contributed by atoms with Gasteiger partial charge in [-0.2, -0.15) is 0 Å². The molecule has 1 aromatic carbocycles. The van der Waals surface area contributed by atoms with Crippen LogP contribution in [-0.4, -0.2) is 15.5 Å². The first-order valence-corrected chi connectivity index (χ1v) is 5.11. The first kappa shape index (κ1) is 14.1. The van der Waals surface area contributed by atoms with Gasteiger partial charge in [0.05, 0.1) is 4.90 Å². The second kappa shape index (κ2) is 5.82. The molecule has 0 unspecified atom stereocenters. The third-order valence-electron chi connectivity index (χ3n) is 1.39. The Labute approximate surface area is 125 Å². The molecule has 0 radical (unpaired) electrons. The second-order valence-corrected chi connectivity index (χ2v) is 4.48. The first-order chi connectivity index (χ1) is 5.56. The van der Waals surface area contributed by atoms with Gasteiger partial charge in [0, 0.05) is 5.02 Å². The van der Waals surface area contributed by atoms with E-state index in [1.165, 1.54) is 31.3 Å². The van der Waals surface area contributed by atoms with Gasteiger partial charge in [-0.1, -0.05) is 11.6 Å². The minimum absolute atomic E-state index is 0. The minimum atomic E-state index is -3.32. The fourth-order valence-electron chi connectivity index (χ4n) is 0.732. The molecule has 0 aliphatic heterocycles. The van der Waals surface area contributed by atoms with Crippen molar-refractivity contribution in [1.29, 1.82) is 0 Å². The quantitative estimate of drug-likeness (QED) is 0.628. The van der Waals surface area contributed by atoms with Crippen LogP contribution < -0.4 is 56.1 Å². The number of nitrogens with one attached hydrogen (secondary N) is 1. The molecule has 0 saturated carbocycles. The van der Waals surface area contributed by atoms with Crippen molar-refractivity contribution < 1.29 is 59.8 Å². The van der Waals surface area contributed by atoms with Gasteiger partial charge in [-0.3, -0.25) is 0 Å². The van der Waals surface area contributed by atoms with Crippen LogP contribution in [0.4, 0.5) is 0 Å². The molecule has 13 heavy (non-hydrogen) atoms. The predicted molar refractivity (Wildman–Crippen MR) is 47.7 cm³/mol. The molecule has 6 heteroatoms. The van der Waals surface area contributed by atoms with E-state index in [4.69, 9.17) is 11.6 Å². The summed E-state index contributed by atoms with van der Waals surface area (Å²) in [5, 5.41) is 0.519. The van der Waals surface area contributed by atoms with E-state index in [2.05, 4.69) is 4.72 Å². The predicted octanol–water partition coefficient (Wildman–Crippen LogP) is -1.75. The Morgan fingerprint density at radius 3 is 2.08 bits per heavy atom. The van der Waals surface area contributed by atoms with E-state index in [1.807, 2.05) is 0 Å². The molecule has 1 N–H and O–H groups in total. The van der Waals surface area contributed by atoms with Crippen molar-refractivity contribution >= 4 is 21.6 Å². The molecule has 0 atom stereocenters. The SMILES string of the molecule is CNS(=O)(=O)c1ccc(Cl)cc1.[K+]. The van der Waals surface area contributed by atoms with Gasteiger partial charge in [0.1, 0.15) is 0 Å². The molecule has 3 nitrogen and oxygen atoms in total. The van der Waals surface area contributed by atoms with E-state index in [9.17, 15) is 8.42 Å². The summed E-state index contributed by atoms with van der Waals surface area (Å²) >= 11 is 5.59. The van der Waals surface area contributed by atoms with Crippen LogP contribution in [0.1, 0.15) is 0 Å². The fraction of sp³-hybridized carbons (Fsp3) is 0.143. The summed E-state index contributed by atoms with van der Waals surface area (Å²) < 4.78 is 24.5.